The molecular formula is C28H25N5. The molecule has 0 amide bonds. The largest absolute Gasteiger partial charge is 0.321 e. The average molecular weight is 432 g/mol. The molecule has 0 radical (unpaired) electrons. The molecule has 0 aliphatic heterocycles. The van der Waals surface area contributed by atoms with Crippen molar-refractivity contribution in [3.8, 4) is 33.6 Å². The van der Waals surface area contributed by atoms with Crippen LogP contribution in [0.25, 0.3) is 44.5 Å². The summed E-state index contributed by atoms with van der Waals surface area (Å²) in [6.45, 7) is 0. The smallest absolute Gasteiger partial charge is 0.0893 e. The Balaban J connectivity index is 1.50. The minimum absolute atomic E-state index is 0.162. The Morgan fingerprint density at radius 3 is 2.33 bits per heavy atom. The van der Waals surface area contributed by atoms with Gasteiger partial charge in [0, 0.05) is 40.9 Å². The van der Waals surface area contributed by atoms with Crippen molar-refractivity contribution >= 4 is 10.9 Å². The zero-order valence-electron chi connectivity index (χ0n) is 18.6. The molecule has 6 rings (SSSR count). The van der Waals surface area contributed by atoms with Crippen LogP contribution in [0.15, 0.2) is 85.3 Å². The fourth-order valence-electron chi connectivity index (χ4n) is 4.65. The summed E-state index contributed by atoms with van der Waals surface area (Å²) < 4.78 is 1.79. The topological polar surface area (TPSA) is 69.6 Å². The molecule has 1 aliphatic rings. The highest BCUT2D eigenvalue weighted by Gasteiger charge is 2.34. The van der Waals surface area contributed by atoms with Crippen LogP contribution in [-0.4, -0.2) is 19.7 Å². The first kappa shape index (κ1) is 19.8. The maximum Gasteiger partial charge on any atom is 0.0893 e. The van der Waals surface area contributed by atoms with Crippen molar-refractivity contribution in [2.45, 2.75) is 24.8 Å². The number of fused-ring (bicyclic) bond motifs is 1. The number of nitrogens with two attached hydrogens (primary N) is 1. The minimum atomic E-state index is -0.162. The second-order valence-electron chi connectivity index (χ2n) is 9.00. The van der Waals surface area contributed by atoms with Gasteiger partial charge < -0.3 is 5.73 Å². The molecule has 0 unspecified atom stereocenters. The van der Waals surface area contributed by atoms with Crippen LogP contribution in [-0.2, 0) is 12.6 Å². The number of pyridine rings is 2. The van der Waals surface area contributed by atoms with Crippen LogP contribution in [0, 0.1) is 0 Å². The lowest BCUT2D eigenvalue weighted by Crippen LogP contribution is -2.43. The van der Waals surface area contributed by atoms with E-state index in [1.165, 1.54) is 12.0 Å². The zero-order valence-corrected chi connectivity index (χ0v) is 18.6. The molecule has 1 fully saturated rings. The van der Waals surface area contributed by atoms with E-state index in [0.717, 1.165) is 57.4 Å². The van der Waals surface area contributed by atoms with Crippen molar-refractivity contribution in [3.63, 3.8) is 0 Å². The number of benzene rings is 2. The highest BCUT2D eigenvalue weighted by atomic mass is 15.2. The van der Waals surface area contributed by atoms with Crippen molar-refractivity contribution in [3.05, 3.63) is 90.9 Å². The van der Waals surface area contributed by atoms with Gasteiger partial charge in [-0.1, -0.05) is 54.6 Å². The van der Waals surface area contributed by atoms with Crippen LogP contribution in [0.4, 0.5) is 0 Å². The number of hydrogen-bond donors (Lipinski definition) is 1. The summed E-state index contributed by atoms with van der Waals surface area (Å²) in [7, 11) is 1.91. The number of rotatable bonds is 4. The second kappa shape index (κ2) is 7.64. The first-order valence-corrected chi connectivity index (χ1v) is 11.3. The molecule has 1 aliphatic carbocycles. The normalized spacial score (nSPS) is 14.8. The molecule has 5 heteroatoms. The van der Waals surface area contributed by atoms with Crippen molar-refractivity contribution < 1.29 is 0 Å². The molecule has 2 aromatic carbocycles. The molecule has 33 heavy (non-hydrogen) atoms. The van der Waals surface area contributed by atoms with Crippen molar-refractivity contribution in [2.24, 2.45) is 12.8 Å². The maximum atomic E-state index is 6.54. The average Bonchev–Trinajstić information content (AvgIpc) is 3.28. The highest BCUT2D eigenvalue weighted by Crippen LogP contribution is 2.40. The van der Waals surface area contributed by atoms with Crippen LogP contribution >= 0.6 is 0 Å². The standard InChI is InChI=1S/C28H25N5/c1-33-18-22(16-31-33)25-15-21-14-24(19-6-3-2-4-7-19)27(32-26(21)17-30-25)20-8-10-23(11-9-20)28(29)12-5-13-28/h2-4,6-11,14-18H,5,12-13,29H2,1H3. The molecule has 0 atom stereocenters. The van der Waals surface area contributed by atoms with Gasteiger partial charge in [0.2, 0.25) is 0 Å². The quantitative estimate of drug-likeness (QED) is 0.396. The van der Waals surface area contributed by atoms with Gasteiger partial charge in [-0.15, -0.1) is 0 Å². The van der Waals surface area contributed by atoms with E-state index in [0.29, 0.717) is 0 Å². The van der Waals surface area contributed by atoms with Crippen molar-refractivity contribution in [1.29, 1.82) is 0 Å². The summed E-state index contributed by atoms with van der Waals surface area (Å²) in [6, 6.07) is 23.4. The number of aryl methyl sites for hydroxylation is 1. The molecular weight excluding hydrogens is 406 g/mol. The van der Waals surface area contributed by atoms with Gasteiger partial charge in [-0.25, -0.2) is 4.98 Å². The van der Waals surface area contributed by atoms with E-state index >= 15 is 0 Å². The molecule has 5 aromatic rings. The third-order valence-electron chi connectivity index (χ3n) is 6.77. The van der Waals surface area contributed by atoms with Crippen molar-refractivity contribution in [1.82, 2.24) is 19.7 Å². The Hall–Kier alpha value is -3.83. The molecule has 0 bridgehead atoms. The Morgan fingerprint density at radius 1 is 0.879 bits per heavy atom. The first-order valence-electron chi connectivity index (χ1n) is 11.3. The fourth-order valence-corrected chi connectivity index (χ4v) is 4.65. The summed E-state index contributed by atoms with van der Waals surface area (Å²) in [4.78, 5) is 9.73. The fraction of sp³-hybridized carbons (Fsp3) is 0.179. The molecule has 0 saturated heterocycles. The summed E-state index contributed by atoms with van der Waals surface area (Å²) in [5, 5.41) is 5.33. The van der Waals surface area contributed by atoms with E-state index in [2.05, 4.69) is 70.7 Å². The predicted octanol–water partition coefficient (Wildman–Crippen LogP) is 5.70. The molecule has 3 aromatic heterocycles. The zero-order chi connectivity index (χ0) is 22.4. The van der Waals surface area contributed by atoms with Crippen LogP contribution in [0.2, 0.25) is 0 Å². The van der Waals surface area contributed by atoms with E-state index in [9.17, 15) is 0 Å². The van der Waals surface area contributed by atoms with Crippen LogP contribution in [0.5, 0.6) is 0 Å². The predicted molar refractivity (Wildman–Crippen MR) is 132 cm³/mol. The van der Waals surface area contributed by atoms with Gasteiger partial charge in [0.05, 0.1) is 29.3 Å². The number of hydrogen-bond acceptors (Lipinski definition) is 4. The number of nitrogens with zero attached hydrogens (tertiary/aromatic N) is 4. The van der Waals surface area contributed by atoms with Gasteiger partial charge in [0.15, 0.2) is 0 Å². The molecule has 1 saturated carbocycles. The Labute approximate surface area is 192 Å². The SMILES string of the molecule is Cn1cc(-c2cc3cc(-c4ccccc4)c(-c4ccc(C5(N)CCC5)cc4)nc3cn2)cn1. The Bertz CT molecular complexity index is 1450. The van der Waals surface area contributed by atoms with Crippen LogP contribution in [0.3, 0.4) is 0 Å². The third-order valence-corrected chi connectivity index (χ3v) is 6.77. The first-order chi connectivity index (χ1) is 16.1. The molecule has 0 spiro atoms. The lowest BCUT2D eigenvalue weighted by molar-refractivity contribution is 0.253. The van der Waals surface area contributed by atoms with E-state index in [1.807, 2.05) is 31.7 Å². The van der Waals surface area contributed by atoms with Crippen LogP contribution in [0.1, 0.15) is 24.8 Å². The monoisotopic (exact) mass is 431 g/mol. The van der Waals surface area contributed by atoms with Gasteiger partial charge >= 0.3 is 0 Å². The molecule has 162 valence electrons. The third kappa shape index (κ3) is 3.51. The van der Waals surface area contributed by atoms with Gasteiger partial charge in [-0.3, -0.25) is 9.67 Å². The van der Waals surface area contributed by atoms with E-state index < -0.39 is 0 Å². The lowest BCUT2D eigenvalue weighted by atomic mass is 9.72. The van der Waals surface area contributed by atoms with Crippen LogP contribution < -0.4 is 5.73 Å². The summed E-state index contributed by atoms with van der Waals surface area (Å²) in [5.74, 6) is 0. The van der Waals surface area contributed by atoms with E-state index in [1.54, 1.807) is 4.68 Å². The molecule has 3 heterocycles. The Kier molecular flexibility index (Phi) is 4.59. The molecule has 2 N–H and O–H groups in total. The van der Waals surface area contributed by atoms with Gasteiger partial charge in [0.25, 0.3) is 0 Å². The molecule has 5 nitrogen and oxygen atoms in total. The van der Waals surface area contributed by atoms with Crippen molar-refractivity contribution in [2.75, 3.05) is 0 Å². The van der Waals surface area contributed by atoms with Gasteiger partial charge in [0.1, 0.15) is 0 Å². The minimum Gasteiger partial charge on any atom is -0.321 e. The maximum absolute atomic E-state index is 6.54. The Morgan fingerprint density at radius 2 is 1.67 bits per heavy atom. The van der Waals surface area contributed by atoms with E-state index in [4.69, 9.17) is 10.7 Å². The summed E-state index contributed by atoms with van der Waals surface area (Å²) in [6.07, 6.45) is 8.98. The lowest BCUT2D eigenvalue weighted by Gasteiger charge is -2.38. The van der Waals surface area contributed by atoms with Gasteiger partial charge in [-0.2, -0.15) is 5.10 Å². The second-order valence-corrected chi connectivity index (χ2v) is 9.00. The highest BCUT2D eigenvalue weighted by molar-refractivity contribution is 5.92. The van der Waals surface area contributed by atoms with Gasteiger partial charge in [-0.05, 0) is 42.5 Å². The van der Waals surface area contributed by atoms with E-state index in [-0.39, 0.29) is 5.54 Å². The number of aromatic nitrogens is 4. The summed E-state index contributed by atoms with van der Waals surface area (Å²) >= 11 is 0. The summed E-state index contributed by atoms with van der Waals surface area (Å²) in [5.41, 5.74) is 14.6.